The van der Waals surface area contributed by atoms with Crippen molar-refractivity contribution in [3.63, 3.8) is 0 Å². The lowest BCUT2D eigenvalue weighted by Gasteiger charge is -2.19. The monoisotopic (exact) mass is 256 g/mol. The predicted octanol–water partition coefficient (Wildman–Crippen LogP) is 2.74. The molecule has 1 aliphatic rings. The summed E-state index contributed by atoms with van der Waals surface area (Å²) in [6.45, 7) is 6.37. The summed E-state index contributed by atoms with van der Waals surface area (Å²) in [7, 11) is 0. The van der Waals surface area contributed by atoms with Crippen molar-refractivity contribution in [2.45, 2.75) is 26.7 Å². The molecule has 0 atom stereocenters. The molecule has 3 rings (SSSR count). The highest BCUT2D eigenvalue weighted by Gasteiger charge is 2.14. The minimum Gasteiger partial charge on any atom is -0.372 e. The first-order valence-corrected chi connectivity index (χ1v) is 6.83. The molecule has 19 heavy (non-hydrogen) atoms. The summed E-state index contributed by atoms with van der Waals surface area (Å²) in [5, 5.41) is 1.11. The second-order valence-corrected chi connectivity index (χ2v) is 5.24. The van der Waals surface area contributed by atoms with Gasteiger partial charge >= 0.3 is 0 Å². The van der Waals surface area contributed by atoms with Crippen molar-refractivity contribution >= 4 is 22.3 Å². The summed E-state index contributed by atoms with van der Waals surface area (Å²) in [5.41, 5.74) is 8.24. The minimum absolute atomic E-state index is 0.989. The summed E-state index contributed by atoms with van der Waals surface area (Å²) >= 11 is 0. The molecule has 3 N–H and O–H groups in total. The lowest BCUT2D eigenvalue weighted by molar-refractivity contribution is 0.949. The number of fused-ring (bicyclic) bond motifs is 1. The Hall–Kier alpha value is -1.81. The number of hydrogen-bond acceptors (Lipinski definition) is 4. The van der Waals surface area contributed by atoms with Crippen molar-refractivity contribution < 1.29 is 0 Å². The SMILES string of the molecule is Cc1nc2ccc(N3CCCC3)cc2c(NN)c1C. The van der Waals surface area contributed by atoms with Gasteiger partial charge in [-0.1, -0.05) is 0 Å². The van der Waals surface area contributed by atoms with Crippen molar-refractivity contribution in [3.8, 4) is 0 Å². The van der Waals surface area contributed by atoms with Gasteiger partial charge in [0.05, 0.1) is 11.2 Å². The fourth-order valence-electron chi connectivity index (χ4n) is 2.83. The zero-order valence-corrected chi connectivity index (χ0v) is 11.5. The smallest absolute Gasteiger partial charge is 0.0728 e. The zero-order valence-electron chi connectivity index (χ0n) is 11.5. The van der Waals surface area contributed by atoms with E-state index in [9.17, 15) is 0 Å². The minimum atomic E-state index is 0.989. The van der Waals surface area contributed by atoms with Gasteiger partial charge in [-0.3, -0.25) is 10.8 Å². The van der Waals surface area contributed by atoms with Crippen LogP contribution < -0.4 is 16.2 Å². The van der Waals surface area contributed by atoms with Gasteiger partial charge in [0.2, 0.25) is 0 Å². The largest absolute Gasteiger partial charge is 0.372 e. The Morgan fingerprint density at radius 2 is 1.95 bits per heavy atom. The first-order valence-electron chi connectivity index (χ1n) is 6.83. The number of nitrogens with two attached hydrogens (primary N) is 1. The first kappa shape index (κ1) is 12.2. The fraction of sp³-hybridized carbons (Fsp3) is 0.400. The van der Waals surface area contributed by atoms with Crippen molar-refractivity contribution in [1.29, 1.82) is 0 Å². The van der Waals surface area contributed by atoms with Gasteiger partial charge < -0.3 is 10.3 Å². The molecule has 4 nitrogen and oxygen atoms in total. The van der Waals surface area contributed by atoms with Gasteiger partial charge in [0.25, 0.3) is 0 Å². The Morgan fingerprint density at radius 3 is 2.63 bits per heavy atom. The van der Waals surface area contributed by atoms with Crippen LogP contribution in [-0.4, -0.2) is 18.1 Å². The second-order valence-electron chi connectivity index (χ2n) is 5.24. The number of aryl methyl sites for hydroxylation is 1. The molecule has 1 fully saturated rings. The van der Waals surface area contributed by atoms with Gasteiger partial charge in [-0.2, -0.15) is 0 Å². The number of nitrogen functional groups attached to an aromatic ring is 1. The van der Waals surface area contributed by atoms with Crippen LogP contribution in [0.4, 0.5) is 11.4 Å². The van der Waals surface area contributed by atoms with E-state index in [0.29, 0.717) is 0 Å². The lowest BCUT2D eigenvalue weighted by atomic mass is 10.1. The molecule has 0 radical (unpaired) electrons. The molecule has 0 amide bonds. The summed E-state index contributed by atoms with van der Waals surface area (Å²) in [6, 6.07) is 6.46. The maximum absolute atomic E-state index is 5.70. The second kappa shape index (κ2) is 4.70. The molecule has 2 aromatic rings. The molecule has 0 bridgehead atoms. The van der Waals surface area contributed by atoms with E-state index in [4.69, 9.17) is 5.84 Å². The maximum atomic E-state index is 5.70. The van der Waals surface area contributed by atoms with Crippen LogP contribution >= 0.6 is 0 Å². The molecule has 4 heteroatoms. The van der Waals surface area contributed by atoms with Gasteiger partial charge in [-0.05, 0) is 50.5 Å². The van der Waals surface area contributed by atoms with E-state index in [1.54, 1.807) is 0 Å². The fourth-order valence-corrected chi connectivity index (χ4v) is 2.83. The van der Waals surface area contributed by atoms with E-state index in [1.165, 1.54) is 18.5 Å². The van der Waals surface area contributed by atoms with Crippen molar-refractivity contribution in [3.05, 3.63) is 29.5 Å². The Balaban J connectivity index is 2.18. The normalized spacial score (nSPS) is 15.2. The number of hydrogen-bond donors (Lipinski definition) is 2. The van der Waals surface area contributed by atoms with Gasteiger partial charge in [0.15, 0.2) is 0 Å². The van der Waals surface area contributed by atoms with Crippen LogP contribution in [0.2, 0.25) is 0 Å². The van der Waals surface area contributed by atoms with Crippen LogP contribution in [0.3, 0.4) is 0 Å². The molecule has 0 spiro atoms. The van der Waals surface area contributed by atoms with Gasteiger partial charge in [0, 0.05) is 29.9 Å². The van der Waals surface area contributed by atoms with Gasteiger partial charge in [-0.15, -0.1) is 0 Å². The molecule has 1 aromatic heterocycles. The summed E-state index contributed by atoms with van der Waals surface area (Å²) < 4.78 is 0. The van der Waals surface area contributed by atoms with E-state index >= 15 is 0 Å². The highest BCUT2D eigenvalue weighted by Crippen LogP contribution is 2.31. The zero-order chi connectivity index (χ0) is 13.4. The number of anilines is 2. The molecule has 1 saturated heterocycles. The number of aromatic nitrogens is 1. The van der Waals surface area contributed by atoms with E-state index in [1.807, 2.05) is 6.92 Å². The van der Waals surface area contributed by atoms with Crippen LogP contribution in [0.15, 0.2) is 18.2 Å². The topological polar surface area (TPSA) is 54.2 Å². The first-order chi connectivity index (χ1) is 9.20. The Kier molecular flexibility index (Phi) is 3.03. The molecular weight excluding hydrogens is 236 g/mol. The summed E-state index contributed by atoms with van der Waals surface area (Å²) in [4.78, 5) is 7.06. The average Bonchev–Trinajstić information content (AvgIpc) is 2.94. The predicted molar refractivity (Wildman–Crippen MR) is 80.5 cm³/mol. The number of rotatable bonds is 2. The summed E-state index contributed by atoms with van der Waals surface area (Å²) in [6.07, 6.45) is 2.57. The molecule has 0 unspecified atom stereocenters. The summed E-state index contributed by atoms with van der Waals surface area (Å²) in [5.74, 6) is 5.70. The maximum Gasteiger partial charge on any atom is 0.0728 e. The molecule has 1 aromatic carbocycles. The molecule has 0 saturated carbocycles. The molecular formula is C15H20N4. The van der Waals surface area contributed by atoms with Crippen LogP contribution in [0.1, 0.15) is 24.1 Å². The van der Waals surface area contributed by atoms with E-state index in [0.717, 1.165) is 40.9 Å². The number of nitrogens with zero attached hydrogens (tertiary/aromatic N) is 2. The Labute approximate surface area is 113 Å². The number of nitrogens with one attached hydrogen (secondary N) is 1. The van der Waals surface area contributed by atoms with Crippen molar-refractivity contribution in [1.82, 2.24) is 4.98 Å². The lowest BCUT2D eigenvalue weighted by Crippen LogP contribution is -2.17. The molecule has 1 aliphatic heterocycles. The van der Waals surface area contributed by atoms with Gasteiger partial charge in [0.1, 0.15) is 0 Å². The Morgan fingerprint density at radius 1 is 1.21 bits per heavy atom. The molecule has 2 heterocycles. The molecule has 100 valence electrons. The average molecular weight is 256 g/mol. The van der Waals surface area contributed by atoms with Gasteiger partial charge in [-0.25, -0.2) is 0 Å². The van der Waals surface area contributed by atoms with Crippen molar-refractivity contribution in [2.75, 3.05) is 23.4 Å². The van der Waals surface area contributed by atoms with E-state index in [-0.39, 0.29) is 0 Å². The number of benzene rings is 1. The highest BCUT2D eigenvalue weighted by atomic mass is 15.2. The van der Waals surface area contributed by atoms with E-state index in [2.05, 4.69) is 40.4 Å². The third kappa shape index (κ3) is 2.02. The van der Waals surface area contributed by atoms with Crippen molar-refractivity contribution in [2.24, 2.45) is 5.84 Å². The standard InChI is InChI=1S/C15H20N4/c1-10-11(2)17-14-6-5-12(19-7-3-4-8-19)9-13(14)15(10)18-16/h5-6,9H,3-4,7-8,16H2,1-2H3,(H,17,18). The number of pyridine rings is 1. The van der Waals surface area contributed by atoms with E-state index < -0.39 is 0 Å². The van der Waals surface area contributed by atoms with Crippen LogP contribution in [0.5, 0.6) is 0 Å². The van der Waals surface area contributed by atoms with Crippen LogP contribution in [0, 0.1) is 13.8 Å². The third-order valence-electron chi connectivity index (χ3n) is 4.07. The molecule has 0 aliphatic carbocycles. The van der Waals surface area contributed by atoms with Crippen LogP contribution in [-0.2, 0) is 0 Å². The Bertz CT molecular complexity index is 615. The van der Waals surface area contributed by atoms with Crippen LogP contribution in [0.25, 0.3) is 10.9 Å². The highest BCUT2D eigenvalue weighted by molar-refractivity contribution is 5.95. The number of hydrazine groups is 1. The quantitative estimate of drug-likeness (QED) is 0.641. The third-order valence-corrected chi connectivity index (χ3v) is 4.07.